The summed E-state index contributed by atoms with van der Waals surface area (Å²) < 4.78 is 15.7. The number of benzene rings is 2. The van der Waals surface area contributed by atoms with Crippen molar-refractivity contribution < 1.29 is 28.9 Å². The van der Waals surface area contributed by atoms with Crippen molar-refractivity contribution in [3.63, 3.8) is 0 Å². The largest absolute Gasteiger partial charge is 0.497 e. The predicted molar refractivity (Wildman–Crippen MR) is 94.6 cm³/mol. The second-order valence-corrected chi connectivity index (χ2v) is 5.31. The Labute approximate surface area is 151 Å². The van der Waals surface area contributed by atoms with Gasteiger partial charge in [0.2, 0.25) is 0 Å². The fourth-order valence-corrected chi connectivity index (χ4v) is 2.23. The Morgan fingerprint density at radius 2 is 1.50 bits per heavy atom. The SMILES string of the molecule is CCOc1ccc(OCC(=O)NC(C(=O)O)c2ccc(OC)cc2)cc1. The minimum atomic E-state index is -1.17. The molecule has 0 aromatic heterocycles. The Hall–Kier alpha value is -3.22. The van der Waals surface area contributed by atoms with Gasteiger partial charge in [-0.05, 0) is 48.9 Å². The maximum atomic E-state index is 12.0. The van der Waals surface area contributed by atoms with E-state index in [2.05, 4.69) is 5.32 Å². The Balaban J connectivity index is 1.93. The molecular formula is C19H21NO6. The molecule has 7 heteroatoms. The topological polar surface area (TPSA) is 94.1 Å². The lowest BCUT2D eigenvalue weighted by atomic mass is 10.1. The molecule has 1 unspecified atom stereocenters. The molecule has 0 saturated carbocycles. The highest BCUT2D eigenvalue weighted by atomic mass is 16.5. The van der Waals surface area contributed by atoms with Gasteiger partial charge >= 0.3 is 5.97 Å². The van der Waals surface area contributed by atoms with Crippen LogP contribution in [0.15, 0.2) is 48.5 Å². The molecule has 2 aromatic rings. The van der Waals surface area contributed by atoms with E-state index in [-0.39, 0.29) is 6.61 Å². The number of methoxy groups -OCH3 is 1. The number of rotatable bonds is 9. The van der Waals surface area contributed by atoms with Crippen molar-refractivity contribution >= 4 is 11.9 Å². The number of ether oxygens (including phenoxy) is 3. The van der Waals surface area contributed by atoms with Gasteiger partial charge in [0, 0.05) is 0 Å². The van der Waals surface area contributed by atoms with E-state index in [0.717, 1.165) is 0 Å². The number of amides is 1. The molecule has 2 N–H and O–H groups in total. The maximum Gasteiger partial charge on any atom is 0.330 e. The zero-order valence-electron chi connectivity index (χ0n) is 14.6. The van der Waals surface area contributed by atoms with Crippen LogP contribution in [0.4, 0.5) is 0 Å². The third-order valence-corrected chi connectivity index (χ3v) is 3.51. The first-order chi connectivity index (χ1) is 12.5. The van der Waals surface area contributed by atoms with Crippen molar-refractivity contribution in [2.45, 2.75) is 13.0 Å². The molecule has 0 aliphatic heterocycles. The molecule has 2 aromatic carbocycles. The van der Waals surface area contributed by atoms with E-state index >= 15 is 0 Å². The summed E-state index contributed by atoms with van der Waals surface area (Å²) in [5.41, 5.74) is 0.438. The van der Waals surface area contributed by atoms with Gasteiger partial charge in [-0.1, -0.05) is 12.1 Å². The van der Waals surface area contributed by atoms with E-state index in [0.29, 0.717) is 29.4 Å². The highest BCUT2D eigenvalue weighted by Gasteiger charge is 2.22. The van der Waals surface area contributed by atoms with Crippen LogP contribution in [0.25, 0.3) is 0 Å². The third-order valence-electron chi connectivity index (χ3n) is 3.51. The Kier molecular flexibility index (Phi) is 6.84. The van der Waals surface area contributed by atoms with Crippen LogP contribution in [0.5, 0.6) is 17.2 Å². The van der Waals surface area contributed by atoms with Crippen molar-refractivity contribution in [2.24, 2.45) is 0 Å². The summed E-state index contributed by atoms with van der Waals surface area (Å²) in [6, 6.07) is 12.1. The first-order valence-corrected chi connectivity index (χ1v) is 8.05. The molecule has 138 valence electrons. The molecule has 0 fully saturated rings. The first kappa shape index (κ1) is 19.1. The van der Waals surface area contributed by atoms with Crippen LogP contribution >= 0.6 is 0 Å². The number of hydrogen-bond donors (Lipinski definition) is 2. The van der Waals surface area contributed by atoms with Gasteiger partial charge < -0.3 is 24.6 Å². The van der Waals surface area contributed by atoms with E-state index in [1.54, 1.807) is 48.5 Å². The molecule has 1 atom stereocenters. The summed E-state index contributed by atoms with van der Waals surface area (Å²) in [5, 5.41) is 11.8. The maximum absolute atomic E-state index is 12.0. The van der Waals surface area contributed by atoms with E-state index in [9.17, 15) is 14.7 Å². The molecule has 0 aliphatic carbocycles. The molecule has 0 aliphatic rings. The normalized spacial score (nSPS) is 11.3. The van der Waals surface area contributed by atoms with Crippen LogP contribution in [0.3, 0.4) is 0 Å². The van der Waals surface area contributed by atoms with E-state index in [4.69, 9.17) is 14.2 Å². The van der Waals surface area contributed by atoms with Gasteiger partial charge in [0.1, 0.15) is 17.2 Å². The highest BCUT2D eigenvalue weighted by molar-refractivity contribution is 5.85. The Bertz CT molecular complexity index is 727. The van der Waals surface area contributed by atoms with Crippen molar-refractivity contribution in [1.29, 1.82) is 0 Å². The molecule has 0 saturated heterocycles. The average Bonchev–Trinajstić information content (AvgIpc) is 2.66. The molecule has 7 nitrogen and oxygen atoms in total. The Morgan fingerprint density at radius 1 is 0.962 bits per heavy atom. The van der Waals surface area contributed by atoms with Gasteiger partial charge in [0.05, 0.1) is 13.7 Å². The summed E-state index contributed by atoms with van der Waals surface area (Å²) in [4.78, 5) is 23.5. The summed E-state index contributed by atoms with van der Waals surface area (Å²) >= 11 is 0. The van der Waals surface area contributed by atoms with Gasteiger partial charge in [0.15, 0.2) is 12.6 Å². The second kappa shape index (κ2) is 9.31. The number of carbonyl (C=O) groups is 2. The molecule has 0 spiro atoms. The fourth-order valence-electron chi connectivity index (χ4n) is 2.23. The van der Waals surface area contributed by atoms with Crippen LogP contribution < -0.4 is 19.5 Å². The van der Waals surface area contributed by atoms with Crippen molar-refractivity contribution in [1.82, 2.24) is 5.32 Å². The van der Waals surface area contributed by atoms with E-state index in [1.807, 2.05) is 6.92 Å². The van der Waals surface area contributed by atoms with Crippen molar-refractivity contribution in [3.8, 4) is 17.2 Å². The zero-order chi connectivity index (χ0) is 18.9. The third kappa shape index (κ3) is 5.41. The number of nitrogens with one attached hydrogen (secondary N) is 1. The van der Waals surface area contributed by atoms with Gasteiger partial charge in [-0.25, -0.2) is 4.79 Å². The van der Waals surface area contributed by atoms with Gasteiger partial charge in [-0.3, -0.25) is 4.79 Å². The van der Waals surface area contributed by atoms with Crippen LogP contribution in [0, 0.1) is 0 Å². The first-order valence-electron chi connectivity index (χ1n) is 8.05. The minimum Gasteiger partial charge on any atom is -0.497 e. The molecule has 2 rings (SSSR count). The number of carbonyl (C=O) groups excluding carboxylic acids is 1. The van der Waals surface area contributed by atoms with Crippen LogP contribution in [-0.4, -0.2) is 37.3 Å². The van der Waals surface area contributed by atoms with Crippen molar-refractivity contribution in [3.05, 3.63) is 54.1 Å². The van der Waals surface area contributed by atoms with E-state index < -0.39 is 17.9 Å². The number of aliphatic carboxylic acids is 1. The van der Waals surface area contributed by atoms with Crippen LogP contribution in [0.2, 0.25) is 0 Å². The van der Waals surface area contributed by atoms with Crippen LogP contribution in [0.1, 0.15) is 18.5 Å². The standard InChI is InChI=1S/C19H21NO6/c1-3-25-15-8-10-16(11-9-15)26-12-17(21)20-18(19(22)23)13-4-6-14(24-2)7-5-13/h4-11,18H,3,12H2,1-2H3,(H,20,21)(H,22,23). The summed E-state index contributed by atoms with van der Waals surface area (Å²) in [6.45, 7) is 2.15. The minimum absolute atomic E-state index is 0.298. The van der Waals surface area contributed by atoms with Crippen molar-refractivity contribution in [2.75, 3.05) is 20.3 Å². The smallest absolute Gasteiger partial charge is 0.330 e. The number of carboxylic acids is 1. The number of hydrogen-bond acceptors (Lipinski definition) is 5. The van der Waals surface area contributed by atoms with Crippen LogP contribution in [-0.2, 0) is 9.59 Å². The lowest BCUT2D eigenvalue weighted by molar-refractivity contribution is -0.142. The van der Waals surface area contributed by atoms with Gasteiger partial charge in [-0.2, -0.15) is 0 Å². The summed E-state index contributed by atoms with van der Waals surface area (Å²) in [5.74, 6) is 0.0874. The molecular weight excluding hydrogens is 338 g/mol. The summed E-state index contributed by atoms with van der Waals surface area (Å²) in [6.07, 6.45) is 0. The molecule has 0 bridgehead atoms. The molecule has 0 radical (unpaired) electrons. The molecule has 0 heterocycles. The fraction of sp³-hybridized carbons (Fsp3) is 0.263. The molecule has 1 amide bonds. The molecule has 26 heavy (non-hydrogen) atoms. The second-order valence-electron chi connectivity index (χ2n) is 5.31. The zero-order valence-corrected chi connectivity index (χ0v) is 14.6. The summed E-state index contributed by atoms with van der Waals surface area (Å²) in [7, 11) is 1.52. The Morgan fingerprint density at radius 3 is 2.00 bits per heavy atom. The average molecular weight is 359 g/mol. The lowest BCUT2D eigenvalue weighted by Crippen LogP contribution is -2.36. The number of carboxylic acid groups (broad SMARTS) is 1. The van der Waals surface area contributed by atoms with E-state index in [1.165, 1.54) is 7.11 Å². The monoisotopic (exact) mass is 359 g/mol. The highest BCUT2D eigenvalue weighted by Crippen LogP contribution is 2.19. The van der Waals surface area contributed by atoms with Gasteiger partial charge in [-0.15, -0.1) is 0 Å². The predicted octanol–water partition coefficient (Wildman–Crippen LogP) is 2.41. The quantitative estimate of drug-likeness (QED) is 0.714. The van der Waals surface area contributed by atoms with Gasteiger partial charge in [0.25, 0.3) is 5.91 Å². The lowest BCUT2D eigenvalue weighted by Gasteiger charge is -2.15.